The highest BCUT2D eigenvalue weighted by Crippen LogP contribution is 2.20. The van der Waals surface area contributed by atoms with Gasteiger partial charge in [0.25, 0.3) is 0 Å². The lowest BCUT2D eigenvalue weighted by atomic mass is 10.1. The maximum absolute atomic E-state index is 10.9. The topological polar surface area (TPSA) is 93.8 Å². The number of rotatable bonds is 4. The molecule has 100 valence electrons. The van der Waals surface area contributed by atoms with E-state index in [9.17, 15) is 4.79 Å². The van der Waals surface area contributed by atoms with Gasteiger partial charge in [-0.25, -0.2) is 4.68 Å². The molecule has 1 atom stereocenters. The summed E-state index contributed by atoms with van der Waals surface area (Å²) >= 11 is 0. The molecule has 7 heteroatoms. The van der Waals surface area contributed by atoms with Crippen molar-refractivity contribution >= 4 is 5.97 Å². The van der Waals surface area contributed by atoms with Crippen molar-refractivity contribution in [2.24, 2.45) is 5.92 Å². The molecule has 1 N–H and O–H groups in total. The van der Waals surface area contributed by atoms with Gasteiger partial charge in [-0.1, -0.05) is 6.92 Å². The Morgan fingerprint density at radius 1 is 1.42 bits per heavy atom. The van der Waals surface area contributed by atoms with E-state index < -0.39 is 11.9 Å². The Hall–Kier alpha value is -2.31. The van der Waals surface area contributed by atoms with Crippen LogP contribution in [0.1, 0.15) is 18.3 Å². The van der Waals surface area contributed by atoms with Crippen LogP contribution in [0.25, 0.3) is 11.4 Å². The molecule has 0 saturated heterocycles. The van der Waals surface area contributed by atoms with Gasteiger partial charge in [0, 0.05) is 17.0 Å². The molecule has 0 fully saturated rings. The summed E-state index contributed by atoms with van der Waals surface area (Å²) in [6.07, 6.45) is 0. The summed E-state index contributed by atoms with van der Waals surface area (Å²) in [6, 6.07) is 3.77. The van der Waals surface area contributed by atoms with Gasteiger partial charge in [-0.2, -0.15) is 0 Å². The fraction of sp³-hybridized carbons (Fsp3) is 0.417. The van der Waals surface area contributed by atoms with Gasteiger partial charge in [-0.15, -0.1) is 5.10 Å². The number of hydrogen-bond acceptors (Lipinski definition) is 5. The number of aryl methyl sites for hydroxylation is 2. The first-order chi connectivity index (χ1) is 8.99. The maximum atomic E-state index is 10.9. The molecule has 0 spiro atoms. The summed E-state index contributed by atoms with van der Waals surface area (Å²) < 4.78 is 1.50. The molecular weight excluding hydrogens is 246 g/mol. The predicted molar refractivity (Wildman–Crippen MR) is 67.3 cm³/mol. The molecule has 0 amide bonds. The molecule has 19 heavy (non-hydrogen) atoms. The van der Waals surface area contributed by atoms with Crippen molar-refractivity contribution in [1.29, 1.82) is 0 Å². The van der Waals surface area contributed by atoms with Gasteiger partial charge in [0.1, 0.15) is 0 Å². The Labute approximate surface area is 110 Å². The molecule has 0 aliphatic carbocycles. The van der Waals surface area contributed by atoms with Crippen molar-refractivity contribution in [3.63, 3.8) is 0 Å². The minimum absolute atomic E-state index is 0.227. The molecule has 2 rings (SSSR count). The summed E-state index contributed by atoms with van der Waals surface area (Å²) in [4.78, 5) is 15.3. The van der Waals surface area contributed by atoms with E-state index in [1.165, 1.54) is 4.68 Å². The lowest BCUT2D eigenvalue weighted by Crippen LogP contribution is -2.18. The SMILES string of the molecule is Cc1ccc(-c2nnnn2CC(C)C(=O)O)c(C)n1. The largest absolute Gasteiger partial charge is 0.481 e. The van der Waals surface area contributed by atoms with Crippen LogP contribution in [0, 0.1) is 19.8 Å². The van der Waals surface area contributed by atoms with Crippen molar-refractivity contribution < 1.29 is 9.90 Å². The van der Waals surface area contributed by atoms with Crippen LogP contribution in [0.15, 0.2) is 12.1 Å². The van der Waals surface area contributed by atoms with Crippen LogP contribution in [0.3, 0.4) is 0 Å². The van der Waals surface area contributed by atoms with Crippen LogP contribution in [-0.2, 0) is 11.3 Å². The van der Waals surface area contributed by atoms with E-state index in [4.69, 9.17) is 5.11 Å². The molecule has 0 radical (unpaired) electrons. The number of hydrogen-bond donors (Lipinski definition) is 1. The zero-order valence-corrected chi connectivity index (χ0v) is 11.0. The van der Waals surface area contributed by atoms with Gasteiger partial charge in [0.2, 0.25) is 0 Å². The molecule has 2 heterocycles. The fourth-order valence-electron chi connectivity index (χ4n) is 1.78. The molecule has 0 saturated carbocycles. The Morgan fingerprint density at radius 3 is 2.79 bits per heavy atom. The molecule has 0 bridgehead atoms. The van der Waals surface area contributed by atoms with E-state index in [1.807, 2.05) is 26.0 Å². The van der Waals surface area contributed by atoms with Crippen molar-refractivity contribution in [1.82, 2.24) is 25.2 Å². The molecule has 0 aromatic carbocycles. The summed E-state index contributed by atoms with van der Waals surface area (Å²) in [6.45, 7) is 5.63. The van der Waals surface area contributed by atoms with E-state index in [0.717, 1.165) is 17.0 Å². The van der Waals surface area contributed by atoms with Crippen LogP contribution >= 0.6 is 0 Å². The number of tetrazole rings is 1. The van der Waals surface area contributed by atoms with Crippen molar-refractivity contribution in [3.05, 3.63) is 23.5 Å². The minimum atomic E-state index is -0.875. The van der Waals surface area contributed by atoms with Gasteiger partial charge in [-0.3, -0.25) is 9.78 Å². The number of aromatic nitrogens is 5. The van der Waals surface area contributed by atoms with Crippen LogP contribution < -0.4 is 0 Å². The number of aliphatic carboxylic acids is 1. The summed E-state index contributed by atoms with van der Waals surface area (Å²) in [5.41, 5.74) is 2.55. The van der Waals surface area contributed by atoms with E-state index in [-0.39, 0.29) is 6.54 Å². The van der Waals surface area contributed by atoms with Crippen molar-refractivity contribution in [3.8, 4) is 11.4 Å². The standard InChI is InChI=1S/C12H15N5O2/c1-7(12(18)19)6-17-11(14-15-16-17)10-5-4-8(2)13-9(10)3/h4-5,7H,6H2,1-3H3,(H,18,19). The first kappa shape index (κ1) is 13.1. The van der Waals surface area contributed by atoms with Gasteiger partial charge < -0.3 is 5.11 Å². The second kappa shape index (κ2) is 5.13. The van der Waals surface area contributed by atoms with Gasteiger partial charge >= 0.3 is 5.97 Å². The number of pyridine rings is 1. The Balaban J connectivity index is 2.36. The second-order valence-corrected chi connectivity index (χ2v) is 4.51. The summed E-state index contributed by atoms with van der Waals surface area (Å²) in [5, 5.41) is 20.4. The molecule has 2 aromatic rings. The lowest BCUT2D eigenvalue weighted by Gasteiger charge is -2.09. The maximum Gasteiger partial charge on any atom is 0.308 e. The number of carbonyl (C=O) groups is 1. The highest BCUT2D eigenvalue weighted by atomic mass is 16.4. The van der Waals surface area contributed by atoms with Gasteiger partial charge in [0.05, 0.1) is 12.5 Å². The van der Waals surface area contributed by atoms with Gasteiger partial charge in [-0.05, 0) is 36.4 Å². The fourth-order valence-corrected chi connectivity index (χ4v) is 1.78. The average molecular weight is 261 g/mol. The summed E-state index contributed by atoms with van der Waals surface area (Å²) in [5.74, 6) is -0.890. The summed E-state index contributed by atoms with van der Waals surface area (Å²) in [7, 11) is 0. The van der Waals surface area contributed by atoms with E-state index in [1.54, 1.807) is 6.92 Å². The predicted octanol–water partition coefficient (Wildman–Crippen LogP) is 1.07. The first-order valence-corrected chi connectivity index (χ1v) is 5.92. The third-order valence-corrected chi connectivity index (χ3v) is 2.87. The third kappa shape index (κ3) is 2.75. The molecular formula is C12H15N5O2. The molecule has 2 aromatic heterocycles. The molecule has 0 aliphatic rings. The van der Waals surface area contributed by atoms with Crippen molar-refractivity contribution in [2.75, 3.05) is 0 Å². The third-order valence-electron chi connectivity index (χ3n) is 2.87. The van der Waals surface area contributed by atoms with Crippen LogP contribution in [0.4, 0.5) is 0 Å². The zero-order valence-electron chi connectivity index (χ0n) is 11.0. The lowest BCUT2D eigenvalue weighted by molar-refractivity contribution is -0.141. The number of nitrogens with zero attached hydrogens (tertiary/aromatic N) is 5. The number of carboxylic acids is 1. The van der Waals surface area contributed by atoms with E-state index >= 15 is 0 Å². The first-order valence-electron chi connectivity index (χ1n) is 5.92. The van der Waals surface area contributed by atoms with Gasteiger partial charge in [0.15, 0.2) is 5.82 Å². The monoisotopic (exact) mass is 261 g/mol. The Kier molecular flexibility index (Phi) is 3.55. The van der Waals surface area contributed by atoms with Crippen LogP contribution in [-0.4, -0.2) is 36.3 Å². The van der Waals surface area contributed by atoms with E-state index in [2.05, 4.69) is 20.5 Å². The van der Waals surface area contributed by atoms with Crippen LogP contribution in [0.5, 0.6) is 0 Å². The molecule has 1 unspecified atom stereocenters. The minimum Gasteiger partial charge on any atom is -0.481 e. The van der Waals surface area contributed by atoms with Crippen LogP contribution in [0.2, 0.25) is 0 Å². The highest BCUT2D eigenvalue weighted by molar-refractivity contribution is 5.69. The normalized spacial score (nSPS) is 12.4. The second-order valence-electron chi connectivity index (χ2n) is 4.51. The molecule has 0 aliphatic heterocycles. The Morgan fingerprint density at radius 2 is 2.16 bits per heavy atom. The number of carboxylic acid groups (broad SMARTS) is 1. The zero-order chi connectivity index (χ0) is 14.0. The quantitative estimate of drug-likeness (QED) is 0.884. The Bertz CT molecular complexity index is 608. The average Bonchev–Trinajstić information content (AvgIpc) is 2.77. The molecule has 7 nitrogen and oxygen atoms in total. The van der Waals surface area contributed by atoms with E-state index in [0.29, 0.717) is 5.82 Å². The smallest absolute Gasteiger partial charge is 0.308 e. The van der Waals surface area contributed by atoms with Crippen molar-refractivity contribution in [2.45, 2.75) is 27.3 Å². The highest BCUT2D eigenvalue weighted by Gasteiger charge is 2.17.